The Bertz CT molecular complexity index is 584. The molecule has 0 aliphatic carbocycles. The van der Waals surface area contributed by atoms with Gasteiger partial charge in [-0.25, -0.2) is 9.97 Å². The summed E-state index contributed by atoms with van der Waals surface area (Å²) in [5, 5.41) is 3.28. The van der Waals surface area contributed by atoms with E-state index < -0.39 is 0 Å². The molecule has 0 radical (unpaired) electrons. The number of pyridine rings is 1. The van der Waals surface area contributed by atoms with Crippen molar-refractivity contribution in [3.05, 3.63) is 33.2 Å². The molecule has 0 unspecified atom stereocenters. The maximum Gasteiger partial charge on any atom is 0.180 e. The highest BCUT2D eigenvalue weighted by Crippen LogP contribution is 2.24. The molecule has 0 spiro atoms. The van der Waals surface area contributed by atoms with E-state index in [0.29, 0.717) is 5.82 Å². The average molecular weight is 368 g/mol. The summed E-state index contributed by atoms with van der Waals surface area (Å²) >= 11 is 2.27. The van der Waals surface area contributed by atoms with Crippen molar-refractivity contribution >= 4 is 28.4 Å². The lowest BCUT2D eigenvalue weighted by Gasteiger charge is -2.11. The molecule has 5 heteroatoms. The minimum Gasteiger partial charge on any atom is -0.369 e. The van der Waals surface area contributed by atoms with Crippen molar-refractivity contribution in [1.29, 1.82) is 0 Å². The summed E-state index contributed by atoms with van der Waals surface area (Å²) in [4.78, 5) is 13.6. The monoisotopic (exact) mass is 368 g/mol. The zero-order valence-corrected chi connectivity index (χ0v) is 13.5. The van der Waals surface area contributed by atoms with Gasteiger partial charge in [0.25, 0.3) is 0 Å². The summed E-state index contributed by atoms with van der Waals surface area (Å²) in [6, 6.07) is 4.03. The third-order valence-electron chi connectivity index (χ3n) is 2.85. The lowest BCUT2D eigenvalue weighted by atomic mass is 10.1. The molecule has 0 aliphatic rings. The Morgan fingerprint density at radius 3 is 2.74 bits per heavy atom. The lowest BCUT2D eigenvalue weighted by Crippen LogP contribution is -2.07. The van der Waals surface area contributed by atoms with Gasteiger partial charge in [0.2, 0.25) is 0 Å². The van der Waals surface area contributed by atoms with Crippen molar-refractivity contribution < 1.29 is 0 Å². The van der Waals surface area contributed by atoms with Crippen molar-refractivity contribution in [2.45, 2.75) is 27.2 Å². The Kier molecular flexibility index (Phi) is 4.68. The topological polar surface area (TPSA) is 50.7 Å². The number of hydrogen-bond donors (Lipinski definition) is 1. The van der Waals surface area contributed by atoms with Crippen molar-refractivity contribution in [1.82, 2.24) is 15.0 Å². The highest BCUT2D eigenvalue weighted by Gasteiger charge is 2.13. The molecule has 2 heterocycles. The first-order valence-corrected chi connectivity index (χ1v) is 7.47. The minimum atomic E-state index is 0.700. The van der Waals surface area contributed by atoms with Gasteiger partial charge in [-0.1, -0.05) is 13.0 Å². The Hall–Kier alpha value is -1.24. The predicted molar refractivity (Wildman–Crippen MR) is 86.3 cm³/mol. The number of aromatic nitrogens is 3. The normalized spacial score (nSPS) is 10.5. The molecular weight excluding hydrogens is 351 g/mol. The van der Waals surface area contributed by atoms with E-state index >= 15 is 0 Å². The molecule has 4 nitrogen and oxygen atoms in total. The molecule has 0 saturated carbocycles. The Morgan fingerprint density at radius 1 is 1.26 bits per heavy atom. The molecule has 0 bridgehead atoms. The van der Waals surface area contributed by atoms with E-state index in [2.05, 4.69) is 62.8 Å². The summed E-state index contributed by atoms with van der Waals surface area (Å²) < 4.78 is 1.07. The molecule has 100 valence electrons. The fourth-order valence-corrected chi connectivity index (χ4v) is 2.31. The fourth-order valence-electron chi connectivity index (χ4n) is 1.87. The van der Waals surface area contributed by atoms with Crippen LogP contribution >= 0.6 is 22.6 Å². The number of rotatable bonds is 4. The van der Waals surface area contributed by atoms with Crippen LogP contribution in [0.25, 0.3) is 11.5 Å². The van der Waals surface area contributed by atoms with Gasteiger partial charge < -0.3 is 5.32 Å². The second-order valence-corrected chi connectivity index (χ2v) is 5.27. The van der Waals surface area contributed by atoms with Gasteiger partial charge in [-0.3, -0.25) is 4.98 Å². The zero-order chi connectivity index (χ0) is 13.8. The van der Waals surface area contributed by atoms with Gasteiger partial charge in [-0.15, -0.1) is 0 Å². The summed E-state index contributed by atoms with van der Waals surface area (Å²) in [6.45, 7) is 7.02. The van der Waals surface area contributed by atoms with Gasteiger partial charge in [0.05, 0.1) is 9.26 Å². The first kappa shape index (κ1) is 14.2. The molecule has 0 amide bonds. The fraction of sp³-hybridized carbons (Fsp3) is 0.357. The maximum absolute atomic E-state index is 4.61. The molecule has 2 aromatic heterocycles. The van der Waals surface area contributed by atoms with Crippen molar-refractivity contribution in [3.63, 3.8) is 0 Å². The number of hydrogen-bond acceptors (Lipinski definition) is 4. The van der Waals surface area contributed by atoms with E-state index in [1.807, 2.05) is 13.0 Å². The summed E-state index contributed by atoms with van der Waals surface area (Å²) in [6.07, 6.45) is 2.71. The van der Waals surface area contributed by atoms with Crippen LogP contribution in [0.3, 0.4) is 0 Å². The summed E-state index contributed by atoms with van der Waals surface area (Å²) in [5.74, 6) is 1.59. The standard InChI is InChI=1S/C14H17IN4/c1-4-10-7-6-8-17-12(10)14-18-9(3)11(15)13(19-14)16-5-2/h6-8H,4-5H2,1-3H3,(H,16,18,19). The molecule has 0 aliphatic heterocycles. The number of nitrogens with zero attached hydrogens (tertiary/aromatic N) is 3. The minimum absolute atomic E-state index is 0.700. The van der Waals surface area contributed by atoms with Crippen LogP contribution < -0.4 is 5.32 Å². The van der Waals surface area contributed by atoms with E-state index in [9.17, 15) is 0 Å². The van der Waals surface area contributed by atoms with Gasteiger partial charge in [-0.2, -0.15) is 0 Å². The maximum atomic E-state index is 4.61. The third kappa shape index (κ3) is 3.02. The Balaban J connectivity index is 2.56. The molecule has 0 fully saturated rings. The zero-order valence-electron chi connectivity index (χ0n) is 11.4. The first-order valence-electron chi connectivity index (χ1n) is 6.39. The highest BCUT2D eigenvalue weighted by atomic mass is 127. The van der Waals surface area contributed by atoms with Crippen LogP contribution in [0.5, 0.6) is 0 Å². The second-order valence-electron chi connectivity index (χ2n) is 4.19. The third-order valence-corrected chi connectivity index (χ3v) is 4.14. The number of halogens is 1. The van der Waals surface area contributed by atoms with E-state index in [0.717, 1.165) is 33.7 Å². The molecule has 1 N–H and O–H groups in total. The van der Waals surface area contributed by atoms with Crippen LogP contribution in [0.2, 0.25) is 0 Å². The van der Waals surface area contributed by atoms with Crippen molar-refractivity contribution in [2.24, 2.45) is 0 Å². The van der Waals surface area contributed by atoms with Crippen LogP contribution in [0.15, 0.2) is 18.3 Å². The van der Waals surface area contributed by atoms with Crippen LogP contribution in [0.1, 0.15) is 25.1 Å². The van der Waals surface area contributed by atoms with Gasteiger partial charge in [0.15, 0.2) is 5.82 Å². The molecule has 2 rings (SSSR count). The molecule has 0 atom stereocenters. The van der Waals surface area contributed by atoms with Crippen molar-refractivity contribution in [3.8, 4) is 11.5 Å². The Labute approximate surface area is 127 Å². The van der Waals surface area contributed by atoms with Crippen LogP contribution in [0, 0.1) is 10.5 Å². The average Bonchev–Trinajstić information content (AvgIpc) is 2.43. The SMILES string of the molecule is CCNc1nc(-c2ncccc2CC)nc(C)c1I. The largest absolute Gasteiger partial charge is 0.369 e. The van der Waals surface area contributed by atoms with Gasteiger partial charge >= 0.3 is 0 Å². The smallest absolute Gasteiger partial charge is 0.180 e. The van der Waals surface area contributed by atoms with E-state index in [1.54, 1.807) is 6.20 Å². The van der Waals surface area contributed by atoms with E-state index in [1.165, 1.54) is 5.56 Å². The van der Waals surface area contributed by atoms with Gasteiger partial charge in [0, 0.05) is 12.7 Å². The highest BCUT2D eigenvalue weighted by molar-refractivity contribution is 14.1. The molecule has 0 saturated heterocycles. The number of aryl methyl sites for hydroxylation is 2. The summed E-state index contributed by atoms with van der Waals surface area (Å²) in [7, 11) is 0. The van der Waals surface area contributed by atoms with Crippen LogP contribution in [-0.2, 0) is 6.42 Å². The van der Waals surface area contributed by atoms with Crippen LogP contribution in [0.4, 0.5) is 5.82 Å². The summed E-state index contributed by atoms with van der Waals surface area (Å²) in [5.41, 5.74) is 3.03. The Morgan fingerprint density at radius 2 is 2.05 bits per heavy atom. The predicted octanol–water partition coefficient (Wildman–Crippen LogP) is 3.45. The van der Waals surface area contributed by atoms with Gasteiger partial charge in [0.1, 0.15) is 11.5 Å². The lowest BCUT2D eigenvalue weighted by molar-refractivity contribution is 1.03. The van der Waals surface area contributed by atoms with Crippen LogP contribution in [-0.4, -0.2) is 21.5 Å². The van der Waals surface area contributed by atoms with Crippen molar-refractivity contribution in [2.75, 3.05) is 11.9 Å². The molecular formula is C14H17IN4. The molecule has 0 aromatic carbocycles. The van der Waals surface area contributed by atoms with E-state index in [-0.39, 0.29) is 0 Å². The number of anilines is 1. The molecule has 2 aromatic rings. The van der Waals surface area contributed by atoms with E-state index in [4.69, 9.17) is 0 Å². The molecule has 19 heavy (non-hydrogen) atoms. The second kappa shape index (κ2) is 6.27. The first-order chi connectivity index (χ1) is 9.17. The van der Waals surface area contributed by atoms with Gasteiger partial charge in [-0.05, 0) is 54.5 Å². The number of nitrogens with one attached hydrogen (secondary N) is 1. The quantitative estimate of drug-likeness (QED) is 0.840.